The van der Waals surface area contributed by atoms with Crippen molar-refractivity contribution in [2.24, 2.45) is 0 Å². The van der Waals surface area contributed by atoms with E-state index in [2.05, 4.69) is 31.8 Å². The van der Waals surface area contributed by atoms with Crippen LogP contribution in [0.15, 0.2) is 36.4 Å². The Labute approximate surface area is 97.1 Å². The van der Waals surface area contributed by atoms with Crippen LogP contribution in [-0.4, -0.2) is 6.54 Å². The average Bonchev–Trinajstić information content (AvgIpc) is 2.25. The van der Waals surface area contributed by atoms with Crippen LogP contribution in [0.1, 0.15) is 31.9 Å². The summed E-state index contributed by atoms with van der Waals surface area (Å²) < 4.78 is 0. The molecule has 2 heteroatoms. The van der Waals surface area contributed by atoms with Crippen LogP contribution < -0.4 is 5.32 Å². The van der Waals surface area contributed by atoms with E-state index in [9.17, 15) is 0 Å². The molecule has 0 aromatic heterocycles. The molecule has 1 rings (SSSR count). The largest absolute Gasteiger partial charge is 0.306 e. The summed E-state index contributed by atoms with van der Waals surface area (Å²) in [4.78, 5) is 0. The van der Waals surface area contributed by atoms with Crippen molar-refractivity contribution in [1.29, 1.82) is 0 Å². The molecule has 0 bridgehead atoms. The monoisotopic (exact) mass is 223 g/mol. The second-order valence-corrected chi connectivity index (χ2v) is 4.20. The first-order valence-electron chi connectivity index (χ1n) is 5.29. The molecule has 0 aliphatic carbocycles. The molecule has 1 aromatic carbocycles. The molecule has 0 saturated carbocycles. The van der Waals surface area contributed by atoms with Gasteiger partial charge in [0, 0.05) is 17.6 Å². The molecule has 1 nitrogen and oxygen atoms in total. The summed E-state index contributed by atoms with van der Waals surface area (Å²) in [6, 6.07) is 8.26. The van der Waals surface area contributed by atoms with E-state index in [1.54, 1.807) is 0 Å². The van der Waals surface area contributed by atoms with Crippen LogP contribution in [0, 0.1) is 0 Å². The Morgan fingerprint density at radius 1 is 1.53 bits per heavy atom. The van der Waals surface area contributed by atoms with Gasteiger partial charge in [-0.1, -0.05) is 42.8 Å². The summed E-state index contributed by atoms with van der Waals surface area (Å²) >= 11 is 5.93. The van der Waals surface area contributed by atoms with E-state index >= 15 is 0 Å². The zero-order valence-electron chi connectivity index (χ0n) is 9.39. The molecule has 0 amide bonds. The average molecular weight is 224 g/mol. The van der Waals surface area contributed by atoms with Crippen LogP contribution in [0.4, 0.5) is 0 Å². The van der Waals surface area contributed by atoms with Gasteiger partial charge in [0.15, 0.2) is 0 Å². The minimum Gasteiger partial charge on any atom is -0.306 e. The standard InChI is InChI=1S/C13H18ClN/c1-4-10(2)9-15-11(3)12-6-5-7-13(14)8-12/h5-8,11,15H,2,4,9H2,1,3H3/t11-/m1/s1. The molecular formula is C13H18ClN. The van der Waals surface area contributed by atoms with Crippen molar-refractivity contribution in [3.05, 3.63) is 47.0 Å². The maximum atomic E-state index is 5.93. The fraction of sp³-hybridized carbons (Fsp3) is 0.385. The Hall–Kier alpha value is -0.790. The van der Waals surface area contributed by atoms with Crippen LogP contribution in [0.25, 0.3) is 0 Å². The normalized spacial score (nSPS) is 12.5. The van der Waals surface area contributed by atoms with E-state index in [0.29, 0.717) is 6.04 Å². The molecule has 0 radical (unpaired) electrons. The van der Waals surface area contributed by atoms with E-state index in [1.165, 1.54) is 11.1 Å². The molecule has 1 atom stereocenters. The molecule has 0 heterocycles. The summed E-state index contributed by atoms with van der Waals surface area (Å²) in [5, 5.41) is 4.21. The highest BCUT2D eigenvalue weighted by Crippen LogP contribution is 2.17. The summed E-state index contributed by atoms with van der Waals surface area (Å²) in [7, 11) is 0. The van der Waals surface area contributed by atoms with Crippen molar-refractivity contribution < 1.29 is 0 Å². The lowest BCUT2D eigenvalue weighted by Crippen LogP contribution is -2.20. The van der Waals surface area contributed by atoms with Gasteiger partial charge in [0.25, 0.3) is 0 Å². The Morgan fingerprint density at radius 2 is 2.27 bits per heavy atom. The first kappa shape index (κ1) is 12.3. The van der Waals surface area contributed by atoms with E-state index in [4.69, 9.17) is 11.6 Å². The predicted octanol–water partition coefficient (Wildman–Crippen LogP) is 3.96. The van der Waals surface area contributed by atoms with Gasteiger partial charge in [-0.15, -0.1) is 0 Å². The van der Waals surface area contributed by atoms with Gasteiger partial charge in [-0.3, -0.25) is 0 Å². The minimum absolute atomic E-state index is 0.312. The van der Waals surface area contributed by atoms with Gasteiger partial charge in [-0.2, -0.15) is 0 Å². The lowest BCUT2D eigenvalue weighted by atomic mass is 10.1. The predicted molar refractivity (Wildman–Crippen MR) is 67.3 cm³/mol. The second kappa shape index (κ2) is 5.94. The van der Waals surface area contributed by atoms with Crippen molar-refractivity contribution in [3.63, 3.8) is 0 Å². The third kappa shape index (κ3) is 4.06. The molecule has 1 N–H and O–H groups in total. The van der Waals surface area contributed by atoms with Crippen LogP contribution in [0.3, 0.4) is 0 Å². The molecule has 82 valence electrons. The SMILES string of the molecule is C=C(CC)CN[C@H](C)c1cccc(Cl)c1. The molecule has 0 fully saturated rings. The molecule has 0 aliphatic rings. The van der Waals surface area contributed by atoms with Crippen molar-refractivity contribution in [3.8, 4) is 0 Å². The number of benzene rings is 1. The van der Waals surface area contributed by atoms with Gasteiger partial charge in [0.05, 0.1) is 0 Å². The lowest BCUT2D eigenvalue weighted by molar-refractivity contribution is 0.602. The van der Waals surface area contributed by atoms with Gasteiger partial charge in [-0.05, 0) is 31.0 Å². The minimum atomic E-state index is 0.312. The first-order chi connectivity index (χ1) is 7.13. The molecule has 0 aliphatic heterocycles. The van der Waals surface area contributed by atoms with E-state index in [1.807, 2.05) is 18.2 Å². The van der Waals surface area contributed by atoms with Gasteiger partial charge in [0.1, 0.15) is 0 Å². The maximum absolute atomic E-state index is 5.93. The van der Waals surface area contributed by atoms with E-state index < -0.39 is 0 Å². The summed E-state index contributed by atoms with van der Waals surface area (Å²) in [6.45, 7) is 9.09. The van der Waals surface area contributed by atoms with E-state index in [-0.39, 0.29) is 0 Å². The Balaban J connectivity index is 2.53. The number of halogens is 1. The summed E-state index contributed by atoms with van der Waals surface area (Å²) in [5.74, 6) is 0. The molecule has 15 heavy (non-hydrogen) atoms. The van der Waals surface area contributed by atoms with Gasteiger partial charge < -0.3 is 5.32 Å². The zero-order valence-corrected chi connectivity index (χ0v) is 10.1. The molecule has 1 aromatic rings. The molecular weight excluding hydrogens is 206 g/mol. The number of hydrogen-bond acceptors (Lipinski definition) is 1. The molecule has 0 saturated heterocycles. The van der Waals surface area contributed by atoms with Crippen LogP contribution in [-0.2, 0) is 0 Å². The fourth-order valence-corrected chi connectivity index (χ4v) is 1.51. The van der Waals surface area contributed by atoms with Gasteiger partial charge >= 0.3 is 0 Å². The number of nitrogens with one attached hydrogen (secondary N) is 1. The van der Waals surface area contributed by atoms with E-state index in [0.717, 1.165) is 18.0 Å². The lowest BCUT2D eigenvalue weighted by Gasteiger charge is -2.15. The molecule has 0 spiro atoms. The third-order valence-electron chi connectivity index (χ3n) is 2.51. The van der Waals surface area contributed by atoms with Crippen LogP contribution in [0.5, 0.6) is 0 Å². The summed E-state index contributed by atoms with van der Waals surface area (Å²) in [6.07, 6.45) is 1.02. The topological polar surface area (TPSA) is 12.0 Å². The first-order valence-corrected chi connectivity index (χ1v) is 5.66. The fourth-order valence-electron chi connectivity index (χ4n) is 1.32. The number of hydrogen-bond donors (Lipinski definition) is 1. The molecule has 0 unspecified atom stereocenters. The Kier molecular flexibility index (Phi) is 4.86. The van der Waals surface area contributed by atoms with Gasteiger partial charge in [-0.25, -0.2) is 0 Å². The maximum Gasteiger partial charge on any atom is 0.0409 e. The van der Waals surface area contributed by atoms with Crippen molar-refractivity contribution in [2.45, 2.75) is 26.3 Å². The summed E-state index contributed by atoms with van der Waals surface area (Å²) in [5.41, 5.74) is 2.44. The Morgan fingerprint density at radius 3 is 2.87 bits per heavy atom. The smallest absolute Gasteiger partial charge is 0.0409 e. The Bertz CT molecular complexity index is 333. The van der Waals surface area contributed by atoms with Crippen LogP contribution in [0.2, 0.25) is 5.02 Å². The highest BCUT2D eigenvalue weighted by atomic mass is 35.5. The van der Waals surface area contributed by atoms with Crippen molar-refractivity contribution in [2.75, 3.05) is 6.54 Å². The number of rotatable bonds is 5. The zero-order chi connectivity index (χ0) is 11.3. The van der Waals surface area contributed by atoms with Crippen molar-refractivity contribution >= 4 is 11.6 Å². The van der Waals surface area contributed by atoms with Gasteiger partial charge in [0.2, 0.25) is 0 Å². The quantitative estimate of drug-likeness (QED) is 0.746. The second-order valence-electron chi connectivity index (χ2n) is 3.76. The van der Waals surface area contributed by atoms with Crippen molar-refractivity contribution in [1.82, 2.24) is 5.32 Å². The highest BCUT2D eigenvalue weighted by Gasteiger charge is 2.04. The van der Waals surface area contributed by atoms with Crippen LogP contribution >= 0.6 is 11.6 Å². The third-order valence-corrected chi connectivity index (χ3v) is 2.74. The highest BCUT2D eigenvalue weighted by molar-refractivity contribution is 6.30.